The number of hydrogen-bond donors (Lipinski definition) is 1. The van der Waals surface area contributed by atoms with Crippen LogP contribution in [0.3, 0.4) is 0 Å². The highest BCUT2D eigenvalue weighted by Crippen LogP contribution is 2.25. The monoisotopic (exact) mass is 229 g/mol. The Morgan fingerprint density at radius 3 is 3.33 bits per heavy atom. The zero-order valence-electron chi connectivity index (χ0n) is 6.54. The first-order valence-electron chi connectivity index (χ1n) is 3.72. The highest BCUT2D eigenvalue weighted by Gasteiger charge is 2.22. The lowest BCUT2D eigenvalue weighted by Gasteiger charge is -2.20. The van der Waals surface area contributed by atoms with Crippen LogP contribution in [0.1, 0.15) is 19.4 Å². The number of nitrogens with one attached hydrogen (secondary N) is 1. The Morgan fingerprint density at radius 2 is 2.58 bits per heavy atom. The molecule has 1 atom stereocenters. The fourth-order valence-corrected chi connectivity index (χ4v) is 1.73. The number of nitrogens with zero attached hydrogens (tertiary/aromatic N) is 2. The van der Waals surface area contributed by atoms with Gasteiger partial charge in [-0.2, -0.15) is 5.10 Å². The fourth-order valence-electron chi connectivity index (χ4n) is 1.34. The number of rotatable bonds is 0. The van der Waals surface area contributed by atoms with Gasteiger partial charge in [0.15, 0.2) is 0 Å². The summed E-state index contributed by atoms with van der Waals surface area (Å²) in [5, 5.41) is 6.93. The van der Waals surface area contributed by atoms with Crippen molar-refractivity contribution in [1.82, 2.24) is 9.78 Å². The van der Waals surface area contributed by atoms with E-state index in [-0.39, 0.29) is 11.9 Å². The molecule has 0 spiro atoms. The van der Waals surface area contributed by atoms with E-state index in [2.05, 4.69) is 26.3 Å². The van der Waals surface area contributed by atoms with Gasteiger partial charge in [-0.15, -0.1) is 0 Å². The summed E-state index contributed by atoms with van der Waals surface area (Å²) in [6.45, 7) is 1.97. The molecule has 1 aliphatic heterocycles. The SMILES string of the molecule is CC1CC(=O)Nc2cc(Br)nn21. The van der Waals surface area contributed by atoms with Gasteiger partial charge in [0.25, 0.3) is 0 Å². The van der Waals surface area contributed by atoms with E-state index < -0.39 is 0 Å². The number of halogens is 1. The number of carbonyl (C=O) groups excluding carboxylic acids is 1. The minimum atomic E-state index is 0.0578. The van der Waals surface area contributed by atoms with Crippen LogP contribution >= 0.6 is 15.9 Å². The first kappa shape index (κ1) is 7.79. The van der Waals surface area contributed by atoms with E-state index in [0.29, 0.717) is 6.42 Å². The normalized spacial score (nSPS) is 21.8. The van der Waals surface area contributed by atoms with Crippen LogP contribution in [0.25, 0.3) is 0 Å². The van der Waals surface area contributed by atoms with Gasteiger partial charge in [0, 0.05) is 12.5 Å². The summed E-state index contributed by atoms with van der Waals surface area (Å²) >= 11 is 3.26. The minimum absolute atomic E-state index is 0.0578. The summed E-state index contributed by atoms with van der Waals surface area (Å²) in [7, 11) is 0. The molecule has 0 radical (unpaired) electrons. The Bertz CT molecular complexity index is 333. The maximum absolute atomic E-state index is 11.1. The molecule has 2 heterocycles. The largest absolute Gasteiger partial charge is 0.311 e. The lowest BCUT2D eigenvalue weighted by Crippen LogP contribution is -2.26. The van der Waals surface area contributed by atoms with Gasteiger partial charge in [-0.3, -0.25) is 4.79 Å². The smallest absolute Gasteiger partial charge is 0.227 e. The van der Waals surface area contributed by atoms with Gasteiger partial charge in [0.05, 0.1) is 6.04 Å². The maximum atomic E-state index is 11.1. The second-order valence-corrected chi connectivity index (χ2v) is 3.71. The van der Waals surface area contributed by atoms with Crippen molar-refractivity contribution < 1.29 is 4.79 Å². The van der Waals surface area contributed by atoms with E-state index in [9.17, 15) is 4.79 Å². The van der Waals surface area contributed by atoms with Crippen molar-refractivity contribution in [2.75, 3.05) is 5.32 Å². The highest BCUT2D eigenvalue weighted by atomic mass is 79.9. The molecule has 64 valence electrons. The van der Waals surface area contributed by atoms with Crippen LogP contribution in [-0.4, -0.2) is 15.7 Å². The number of aromatic nitrogens is 2. The van der Waals surface area contributed by atoms with Crippen LogP contribution in [0.2, 0.25) is 0 Å². The molecule has 0 saturated heterocycles. The summed E-state index contributed by atoms with van der Waals surface area (Å²) < 4.78 is 2.57. The van der Waals surface area contributed by atoms with E-state index in [4.69, 9.17) is 0 Å². The number of carbonyl (C=O) groups is 1. The lowest BCUT2D eigenvalue weighted by molar-refractivity contribution is -0.117. The molecule has 1 amide bonds. The third-order valence-electron chi connectivity index (χ3n) is 1.87. The Morgan fingerprint density at radius 1 is 1.83 bits per heavy atom. The molecular formula is C7H8BrN3O. The van der Waals surface area contributed by atoms with E-state index in [0.717, 1.165) is 10.4 Å². The molecule has 0 bridgehead atoms. The Balaban J connectivity index is 2.46. The summed E-state index contributed by atoms with van der Waals surface area (Å²) in [5.74, 6) is 0.827. The molecule has 1 aromatic rings. The Hall–Kier alpha value is -0.840. The molecule has 4 nitrogen and oxygen atoms in total. The molecule has 1 N–H and O–H groups in total. The van der Waals surface area contributed by atoms with E-state index in [1.807, 2.05) is 11.6 Å². The number of amides is 1. The molecule has 0 aliphatic carbocycles. The van der Waals surface area contributed by atoms with Crippen LogP contribution < -0.4 is 5.32 Å². The van der Waals surface area contributed by atoms with Crippen LogP contribution in [0.4, 0.5) is 5.82 Å². The van der Waals surface area contributed by atoms with Crippen LogP contribution in [-0.2, 0) is 4.79 Å². The summed E-state index contributed by atoms with van der Waals surface area (Å²) in [6.07, 6.45) is 0.501. The van der Waals surface area contributed by atoms with Gasteiger partial charge in [0.1, 0.15) is 10.4 Å². The molecular weight excluding hydrogens is 222 g/mol. The predicted molar refractivity (Wildman–Crippen MR) is 47.9 cm³/mol. The van der Waals surface area contributed by atoms with Crippen molar-refractivity contribution in [2.45, 2.75) is 19.4 Å². The Labute approximate surface area is 78.1 Å². The van der Waals surface area contributed by atoms with Gasteiger partial charge in [-0.05, 0) is 22.9 Å². The van der Waals surface area contributed by atoms with E-state index in [1.165, 1.54) is 0 Å². The quantitative estimate of drug-likeness (QED) is 0.734. The maximum Gasteiger partial charge on any atom is 0.227 e. The summed E-state index contributed by atoms with van der Waals surface area (Å²) in [5.41, 5.74) is 0. The van der Waals surface area contributed by atoms with Crippen molar-refractivity contribution in [1.29, 1.82) is 0 Å². The predicted octanol–water partition coefficient (Wildman–Crippen LogP) is 1.55. The fraction of sp³-hybridized carbons (Fsp3) is 0.429. The molecule has 1 aliphatic rings. The van der Waals surface area contributed by atoms with Crippen molar-refractivity contribution in [3.63, 3.8) is 0 Å². The second kappa shape index (κ2) is 2.58. The molecule has 2 rings (SSSR count). The lowest BCUT2D eigenvalue weighted by atomic mass is 10.2. The second-order valence-electron chi connectivity index (χ2n) is 2.90. The van der Waals surface area contributed by atoms with Crippen LogP contribution in [0.15, 0.2) is 10.7 Å². The molecule has 5 heteroatoms. The summed E-state index contributed by atoms with van der Waals surface area (Å²) in [6, 6.07) is 1.95. The van der Waals surface area contributed by atoms with Gasteiger partial charge >= 0.3 is 0 Å². The number of fused-ring (bicyclic) bond motifs is 1. The first-order valence-corrected chi connectivity index (χ1v) is 4.51. The van der Waals surface area contributed by atoms with Crippen molar-refractivity contribution in [3.05, 3.63) is 10.7 Å². The van der Waals surface area contributed by atoms with E-state index in [1.54, 1.807) is 6.07 Å². The van der Waals surface area contributed by atoms with E-state index >= 15 is 0 Å². The van der Waals surface area contributed by atoms with Crippen molar-refractivity contribution in [3.8, 4) is 0 Å². The summed E-state index contributed by atoms with van der Waals surface area (Å²) in [4.78, 5) is 11.1. The van der Waals surface area contributed by atoms with Crippen LogP contribution in [0.5, 0.6) is 0 Å². The van der Waals surface area contributed by atoms with Gasteiger partial charge in [-0.25, -0.2) is 4.68 Å². The molecule has 1 unspecified atom stereocenters. The molecule has 1 aromatic heterocycles. The van der Waals surface area contributed by atoms with Crippen molar-refractivity contribution in [2.24, 2.45) is 0 Å². The minimum Gasteiger partial charge on any atom is -0.311 e. The third kappa shape index (κ3) is 1.14. The zero-order valence-corrected chi connectivity index (χ0v) is 8.13. The van der Waals surface area contributed by atoms with Crippen LogP contribution in [0, 0.1) is 0 Å². The zero-order chi connectivity index (χ0) is 8.72. The average molecular weight is 230 g/mol. The van der Waals surface area contributed by atoms with Gasteiger partial charge in [-0.1, -0.05) is 0 Å². The standard InChI is InChI=1S/C7H8BrN3O/c1-4-2-7(12)9-6-3-5(8)10-11(4)6/h3-4H,2H2,1H3,(H,9,12). The number of hydrogen-bond acceptors (Lipinski definition) is 2. The molecule has 12 heavy (non-hydrogen) atoms. The van der Waals surface area contributed by atoms with Gasteiger partial charge in [0.2, 0.25) is 5.91 Å². The topological polar surface area (TPSA) is 46.9 Å². The third-order valence-corrected chi connectivity index (χ3v) is 2.26. The first-order chi connectivity index (χ1) is 5.66. The Kier molecular flexibility index (Phi) is 1.68. The molecule has 0 aromatic carbocycles. The molecule has 0 saturated carbocycles. The van der Waals surface area contributed by atoms with Gasteiger partial charge < -0.3 is 5.32 Å². The number of anilines is 1. The highest BCUT2D eigenvalue weighted by molar-refractivity contribution is 9.10. The van der Waals surface area contributed by atoms with Crippen molar-refractivity contribution >= 4 is 27.7 Å². The molecule has 0 fully saturated rings. The average Bonchev–Trinajstić information content (AvgIpc) is 2.29.